The molecule has 0 saturated carbocycles. The lowest BCUT2D eigenvalue weighted by Gasteiger charge is -2.06. The van der Waals surface area contributed by atoms with Gasteiger partial charge in [-0.05, 0) is 61.6 Å². The Hall–Kier alpha value is -2.68. The van der Waals surface area contributed by atoms with E-state index in [1.165, 1.54) is 22.7 Å². The summed E-state index contributed by atoms with van der Waals surface area (Å²) in [7, 11) is 0. The maximum atomic E-state index is 13.0. The van der Waals surface area contributed by atoms with Crippen LogP contribution in [-0.4, -0.2) is 29.2 Å². The van der Waals surface area contributed by atoms with Gasteiger partial charge in [0, 0.05) is 16.0 Å². The molecule has 0 aliphatic rings. The number of thiophene rings is 1. The monoisotopic (exact) mass is 482 g/mol. The highest BCUT2D eigenvalue weighted by Gasteiger charge is 2.25. The minimum Gasteiger partial charge on any atom is -0.462 e. The zero-order chi connectivity index (χ0) is 22.7. The van der Waals surface area contributed by atoms with Gasteiger partial charge in [-0.15, -0.1) is 34.4 Å². The Morgan fingerprint density at radius 1 is 1.06 bits per heavy atom. The second-order valence-corrected chi connectivity index (χ2v) is 10.3. The highest BCUT2D eigenvalue weighted by Crippen LogP contribution is 2.43. The zero-order valence-corrected chi connectivity index (χ0v) is 20.4. The van der Waals surface area contributed by atoms with Crippen LogP contribution in [0.15, 0.2) is 53.4 Å². The van der Waals surface area contributed by atoms with Crippen LogP contribution in [0.1, 0.15) is 39.4 Å². The molecule has 4 rings (SSSR count). The first-order chi connectivity index (χ1) is 15.5. The number of thioether (sulfide) groups is 1. The van der Waals surface area contributed by atoms with Gasteiger partial charge in [-0.1, -0.05) is 19.1 Å². The molecule has 2 heterocycles. The molecular formula is C24H22N2O3S3. The summed E-state index contributed by atoms with van der Waals surface area (Å²) in [5, 5.41) is 4.37. The Balaban J connectivity index is 1.73. The topological polar surface area (TPSA) is 68.3 Å². The molecule has 0 saturated heterocycles. The first-order valence-electron chi connectivity index (χ1n) is 10.2. The van der Waals surface area contributed by atoms with Gasteiger partial charge < -0.3 is 10.1 Å². The number of para-hydroxylation sites is 1. The normalized spacial score (nSPS) is 11.0. The van der Waals surface area contributed by atoms with Crippen LogP contribution < -0.4 is 5.32 Å². The lowest BCUT2D eigenvalue weighted by atomic mass is 10.1. The molecule has 2 aromatic carbocycles. The number of aromatic nitrogens is 1. The smallest absolute Gasteiger partial charge is 0.348 e. The average Bonchev–Trinajstić information content (AvgIpc) is 3.35. The molecule has 0 radical (unpaired) electrons. The summed E-state index contributed by atoms with van der Waals surface area (Å²) in [6, 6.07) is 15.4. The van der Waals surface area contributed by atoms with Gasteiger partial charge in [0.2, 0.25) is 0 Å². The number of hydrogen-bond acceptors (Lipinski definition) is 7. The molecule has 0 atom stereocenters. The number of fused-ring (bicyclic) bond motifs is 1. The molecule has 1 N–H and O–H groups in total. The predicted octanol–water partition coefficient (Wildman–Crippen LogP) is 6.87. The van der Waals surface area contributed by atoms with E-state index in [1.807, 2.05) is 55.5 Å². The van der Waals surface area contributed by atoms with E-state index in [1.54, 1.807) is 18.7 Å². The Bertz CT molecular complexity index is 1240. The molecule has 0 spiro atoms. The number of anilines is 1. The van der Waals surface area contributed by atoms with E-state index < -0.39 is 0 Å². The van der Waals surface area contributed by atoms with Gasteiger partial charge in [0.25, 0.3) is 5.91 Å². The standard InChI is InChI=1S/C24H22N2O3S3/c1-4-29-24(28)20-14(3)19(22-25-17-8-6-7-9-18(17)31-22)23(32-20)26-21(27)15-10-12-16(13-11-15)30-5-2/h6-13H,4-5H2,1-3H3,(H,26,27). The number of rotatable bonds is 7. The molecule has 5 nitrogen and oxygen atoms in total. The fourth-order valence-electron chi connectivity index (χ4n) is 3.27. The summed E-state index contributed by atoms with van der Waals surface area (Å²) in [6.07, 6.45) is 0. The van der Waals surface area contributed by atoms with Gasteiger partial charge in [0.1, 0.15) is 14.9 Å². The number of thiazole rings is 1. The van der Waals surface area contributed by atoms with Crippen molar-refractivity contribution in [2.24, 2.45) is 0 Å². The molecule has 1 amide bonds. The highest BCUT2D eigenvalue weighted by atomic mass is 32.2. The van der Waals surface area contributed by atoms with E-state index in [9.17, 15) is 9.59 Å². The number of ether oxygens (including phenoxy) is 1. The molecular weight excluding hydrogens is 460 g/mol. The average molecular weight is 483 g/mol. The molecule has 8 heteroatoms. The second kappa shape index (κ2) is 9.85. The van der Waals surface area contributed by atoms with Crippen LogP contribution in [0.4, 0.5) is 5.00 Å². The fourth-order valence-corrected chi connectivity index (χ4v) is 6.17. The lowest BCUT2D eigenvalue weighted by Crippen LogP contribution is -2.11. The van der Waals surface area contributed by atoms with Crippen LogP contribution >= 0.6 is 34.4 Å². The highest BCUT2D eigenvalue weighted by molar-refractivity contribution is 7.99. The third kappa shape index (κ3) is 4.57. The summed E-state index contributed by atoms with van der Waals surface area (Å²) < 4.78 is 6.29. The maximum absolute atomic E-state index is 13.0. The molecule has 0 bridgehead atoms. The van der Waals surface area contributed by atoms with E-state index >= 15 is 0 Å². The Morgan fingerprint density at radius 3 is 2.50 bits per heavy atom. The summed E-state index contributed by atoms with van der Waals surface area (Å²) in [6.45, 7) is 6.03. The third-order valence-electron chi connectivity index (χ3n) is 4.77. The molecule has 32 heavy (non-hydrogen) atoms. The van der Waals surface area contributed by atoms with Gasteiger partial charge in [-0.25, -0.2) is 9.78 Å². The molecule has 164 valence electrons. The van der Waals surface area contributed by atoms with Gasteiger partial charge in [-0.2, -0.15) is 0 Å². The predicted molar refractivity (Wildman–Crippen MR) is 134 cm³/mol. The molecule has 2 aromatic heterocycles. The quantitative estimate of drug-likeness (QED) is 0.230. The largest absolute Gasteiger partial charge is 0.462 e. The van der Waals surface area contributed by atoms with Crippen molar-refractivity contribution in [2.45, 2.75) is 25.7 Å². The van der Waals surface area contributed by atoms with Crippen molar-refractivity contribution in [2.75, 3.05) is 17.7 Å². The number of carbonyl (C=O) groups is 2. The van der Waals surface area contributed by atoms with Crippen molar-refractivity contribution in [3.8, 4) is 10.6 Å². The Morgan fingerprint density at radius 2 is 1.81 bits per heavy atom. The third-order valence-corrected chi connectivity index (χ3v) is 7.91. The Kier molecular flexibility index (Phi) is 6.93. The van der Waals surface area contributed by atoms with E-state index in [-0.39, 0.29) is 18.5 Å². The van der Waals surface area contributed by atoms with Crippen molar-refractivity contribution < 1.29 is 14.3 Å². The van der Waals surface area contributed by atoms with Gasteiger partial charge >= 0.3 is 5.97 Å². The van der Waals surface area contributed by atoms with Gasteiger partial charge in [-0.3, -0.25) is 4.79 Å². The van der Waals surface area contributed by atoms with Gasteiger partial charge in [0.05, 0.1) is 16.8 Å². The first-order valence-corrected chi connectivity index (χ1v) is 12.8. The van der Waals surface area contributed by atoms with Crippen LogP contribution in [0.3, 0.4) is 0 Å². The van der Waals surface area contributed by atoms with Gasteiger partial charge in [0.15, 0.2) is 0 Å². The fraction of sp³-hybridized carbons (Fsp3) is 0.208. The molecule has 0 aliphatic carbocycles. The molecule has 4 aromatic rings. The summed E-state index contributed by atoms with van der Waals surface area (Å²) in [5.41, 5.74) is 2.98. The summed E-state index contributed by atoms with van der Waals surface area (Å²) in [4.78, 5) is 31.9. The summed E-state index contributed by atoms with van der Waals surface area (Å²) in [5.74, 6) is 0.359. The van der Waals surface area contributed by atoms with Crippen molar-refractivity contribution in [3.63, 3.8) is 0 Å². The lowest BCUT2D eigenvalue weighted by molar-refractivity contribution is 0.0531. The number of nitrogens with zero attached hydrogens (tertiary/aromatic N) is 1. The van der Waals surface area contributed by atoms with Crippen molar-refractivity contribution in [1.82, 2.24) is 4.98 Å². The number of carbonyl (C=O) groups excluding carboxylic acids is 2. The zero-order valence-electron chi connectivity index (χ0n) is 17.9. The van der Waals surface area contributed by atoms with Crippen LogP contribution in [-0.2, 0) is 4.74 Å². The van der Waals surface area contributed by atoms with E-state index in [2.05, 4.69) is 12.2 Å². The molecule has 0 aliphatic heterocycles. The minimum absolute atomic E-state index is 0.225. The van der Waals surface area contributed by atoms with Crippen LogP contribution in [0.5, 0.6) is 0 Å². The van der Waals surface area contributed by atoms with E-state index in [4.69, 9.17) is 9.72 Å². The number of hydrogen-bond donors (Lipinski definition) is 1. The number of amides is 1. The number of benzene rings is 2. The van der Waals surface area contributed by atoms with E-state index in [0.29, 0.717) is 15.4 Å². The van der Waals surface area contributed by atoms with Crippen molar-refractivity contribution in [3.05, 3.63) is 64.5 Å². The SMILES string of the molecule is CCOC(=O)c1sc(NC(=O)c2ccc(SCC)cc2)c(-c2nc3ccccc3s2)c1C. The molecule has 0 unspecified atom stereocenters. The minimum atomic E-state index is -0.390. The van der Waals surface area contributed by atoms with Crippen LogP contribution in [0.2, 0.25) is 0 Å². The first kappa shape index (κ1) is 22.5. The Labute approximate surface area is 198 Å². The van der Waals surface area contributed by atoms with Crippen molar-refractivity contribution >= 4 is 61.5 Å². The second-order valence-electron chi connectivity index (χ2n) is 6.88. The summed E-state index contributed by atoms with van der Waals surface area (Å²) >= 11 is 4.49. The number of esters is 1. The molecule has 0 fully saturated rings. The van der Waals surface area contributed by atoms with Crippen LogP contribution in [0.25, 0.3) is 20.8 Å². The number of nitrogens with one attached hydrogen (secondary N) is 1. The maximum Gasteiger partial charge on any atom is 0.348 e. The van der Waals surface area contributed by atoms with Crippen LogP contribution in [0, 0.1) is 6.92 Å². The van der Waals surface area contributed by atoms with E-state index in [0.717, 1.165) is 37.0 Å². The van der Waals surface area contributed by atoms with Crippen molar-refractivity contribution in [1.29, 1.82) is 0 Å².